The number of ketones is 1. The number of carbonyl (C=O) groups excluding carboxylic acids is 2. The number of nitrogens with zero attached hydrogens (tertiary/aromatic N) is 1. The SMILES string of the molecule is CC(=O)c1sc(NC(=O)Nc2cccc(Cl)c2Cl)nc1C. The van der Waals surface area contributed by atoms with Crippen LogP contribution in [-0.2, 0) is 0 Å². The molecule has 2 aromatic rings. The zero-order chi connectivity index (χ0) is 15.6. The summed E-state index contributed by atoms with van der Waals surface area (Å²) < 4.78 is 0. The molecule has 0 fully saturated rings. The van der Waals surface area contributed by atoms with E-state index in [2.05, 4.69) is 15.6 Å². The largest absolute Gasteiger partial charge is 0.325 e. The zero-order valence-corrected chi connectivity index (χ0v) is 13.5. The molecule has 0 aliphatic heterocycles. The molecule has 0 radical (unpaired) electrons. The predicted octanol–water partition coefficient (Wildman–Crippen LogP) is 4.60. The minimum absolute atomic E-state index is 0.0867. The Balaban J connectivity index is 2.10. The van der Waals surface area contributed by atoms with Crippen LogP contribution in [0.4, 0.5) is 15.6 Å². The number of nitrogens with one attached hydrogen (secondary N) is 2. The fourth-order valence-corrected chi connectivity index (χ4v) is 2.83. The van der Waals surface area contributed by atoms with E-state index < -0.39 is 6.03 Å². The van der Waals surface area contributed by atoms with Gasteiger partial charge in [0.25, 0.3) is 0 Å². The number of aromatic nitrogens is 1. The minimum atomic E-state index is -0.511. The van der Waals surface area contributed by atoms with E-state index in [4.69, 9.17) is 23.2 Å². The van der Waals surface area contributed by atoms with Crippen molar-refractivity contribution in [1.82, 2.24) is 4.98 Å². The van der Waals surface area contributed by atoms with Crippen molar-refractivity contribution < 1.29 is 9.59 Å². The van der Waals surface area contributed by atoms with E-state index in [1.807, 2.05) is 0 Å². The Hall–Kier alpha value is -1.63. The van der Waals surface area contributed by atoms with Gasteiger partial charge in [0.05, 0.1) is 26.3 Å². The number of benzene rings is 1. The maximum Gasteiger partial charge on any atom is 0.325 e. The third-order valence-corrected chi connectivity index (χ3v) is 4.53. The highest BCUT2D eigenvalue weighted by molar-refractivity contribution is 7.17. The van der Waals surface area contributed by atoms with Crippen molar-refractivity contribution in [3.8, 4) is 0 Å². The minimum Gasteiger partial charge on any atom is -0.306 e. The van der Waals surface area contributed by atoms with Gasteiger partial charge in [-0.1, -0.05) is 40.6 Å². The van der Waals surface area contributed by atoms with Crippen molar-refractivity contribution in [3.05, 3.63) is 38.8 Å². The molecular weight excluding hydrogens is 333 g/mol. The number of rotatable bonds is 3. The number of aryl methyl sites for hydroxylation is 1. The standard InChI is InChI=1S/C13H11Cl2N3O2S/c1-6-11(7(2)19)21-13(16-6)18-12(20)17-9-5-3-4-8(14)10(9)15/h3-5H,1-2H3,(H2,16,17,18,20). The molecule has 0 bridgehead atoms. The lowest BCUT2D eigenvalue weighted by Crippen LogP contribution is -2.19. The average Bonchev–Trinajstić information content (AvgIpc) is 2.76. The molecule has 110 valence electrons. The summed E-state index contributed by atoms with van der Waals surface area (Å²) in [6, 6.07) is 4.41. The summed E-state index contributed by atoms with van der Waals surface area (Å²) in [5.74, 6) is -0.0867. The summed E-state index contributed by atoms with van der Waals surface area (Å²) in [6.07, 6.45) is 0. The number of amides is 2. The Labute approximate surface area is 135 Å². The molecule has 1 aromatic carbocycles. The van der Waals surface area contributed by atoms with E-state index in [0.717, 1.165) is 11.3 Å². The van der Waals surface area contributed by atoms with Crippen LogP contribution in [0.5, 0.6) is 0 Å². The quantitative estimate of drug-likeness (QED) is 0.799. The molecule has 21 heavy (non-hydrogen) atoms. The Kier molecular flexibility index (Phi) is 4.82. The highest BCUT2D eigenvalue weighted by Gasteiger charge is 2.14. The lowest BCUT2D eigenvalue weighted by atomic mass is 10.3. The Bertz CT molecular complexity index is 715. The van der Waals surface area contributed by atoms with E-state index in [-0.39, 0.29) is 10.8 Å². The highest BCUT2D eigenvalue weighted by Crippen LogP contribution is 2.30. The molecule has 1 aromatic heterocycles. The van der Waals surface area contributed by atoms with Gasteiger partial charge in [-0.15, -0.1) is 0 Å². The normalized spacial score (nSPS) is 10.3. The second kappa shape index (κ2) is 6.43. The maximum absolute atomic E-state index is 11.9. The number of urea groups is 1. The topological polar surface area (TPSA) is 71.1 Å². The lowest BCUT2D eigenvalue weighted by molar-refractivity contribution is 0.102. The summed E-state index contributed by atoms with van der Waals surface area (Å²) in [5.41, 5.74) is 0.977. The number of carbonyl (C=O) groups is 2. The summed E-state index contributed by atoms with van der Waals surface area (Å²) in [7, 11) is 0. The summed E-state index contributed by atoms with van der Waals surface area (Å²) in [5, 5.41) is 6.07. The van der Waals surface area contributed by atoms with Crippen molar-refractivity contribution in [2.24, 2.45) is 0 Å². The Morgan fingerprint density at radius 1 is 1.24 bits per heavy atom. The van der Waals surface area contributed by atoms with Crippen LogP contribution >= 0.6 is 34.5 Å². The van der Waals surface area contributed by atoms with Gasteiger partial charge in [-0.3, -0.25) is 10.1 Å². The van der Waals surface area contributed by atoms with Crippen LogP contribution in [0.15, 0.2) is 18.2 Å². The van der Waals surface area contributed by atoms with Gasteiger partial charge in [-0.2, -0.15) is 0 Å². The van der Waals surface area contributed by atoms with Crippen molar-refractivity contribution >= 4 is 57.2 Å². The number of Topliss-reactive ketones (excluding diaryl/α,β-unsaturated/α-hetero) is 1. The highest BCUT2D eigenvalue weighted by atomic mass is 35.5. The maximum atomic E-state index is 11.9. The van der Waals surface area contributed by atoms with Crippen molar-refractivity contribution in [1.29, 1.82) is 0 Å². The predicted molar refractivity (Wildman–Crippen MR) is 86.0 cm³/mol. The van der Waals surface area contributed by atoms with Crippen molar-refractivity contribution in [2.75, 3.05) is 10.6 Å². The second-order valence-electron chi connectivity index (χ2n) is 4.17. The fraction of sp³-hybridized carbons (Fsp3) is 0.154. The van der Waals surface area contributed by atoms with Crippen LogP contribution in [-0.4, -0.2) is 16.8 Å². The van der Waals surface area contributed by atoms with E-state index >= 15 is 0 Å². The molecule has 0 atom stereocenters. The third kappa shape index (κ3) is 3.72. The molecule has 1 heterocycles. The Morgan fingerprint density at radius 2 is 1.95 bits per heavy atom. The molecule has 5 nitrogen and oxygen atoms in total. The van der Waals surface area contributed by atoms with Gasteiger partial charge in [-0.05, 0) is 19.1 Å². The molecule has 0 aliphatic rings. The molecule has 0 saturated carbocycles. The van der Waals surface area contributed by atoms with Crippen LogP contribution in [0.3, 0.4) is 0 Å². The number of hydrogen-bond donors (Lipinski definition) is 2. The van der Waals surface area contributed by atoms with Gasteiger partial charge >= 0.3 is 6.03 Å². The smallest absolute Gasteiger partial charge is 0.306 e. The molecular formula is C13H11Cl2N3O2S. The first-order chi connectivity index (χ1) is 9.88. The van der Waals surface area contributed by atoms with Gasteiger partial charge in [0, 0.05) is 6.92 Å². The van der Waals surface area contributed by atoms with Crippen LogP contribution in [0.25, 0.3) is 0 Å². The lowest BCUT2D eigenvalue weighted by Gasteiger charge is -2.07. The molecule has 8 heteroatoms. The molecule has 0 saturated heterocycles. The van der Waals surface area contributed by atoms with Crippen molar-refractivity contribution in [2.45, 2.75) is 13.8 Å². The van der Waals surface area contributed by atoms with E-state index in [1.54, 1.807) is 25.1 Å². The molecule has 2 N–H and O–H groups in total. The fourth-order valence-electron chi connectivity index (χ4n) is 1.63. The average molecular weight is 344 g/mol. The van der Waals surface area contributed by atoms with Crippen LogP contribution in [0, 0.1) is 6.92 Å². The molecule has 0 spiro atoms. The number of thiazole rings is 1. The van der Waals surface area contributed by atoms with Crippen molar-refractivity contribution in [3.63, 3.8) is 0 Å². The van der Waals surface area contributed by atoms with Gasteiger partial charge < -0.3 is 5.32 Å². The molecule has 0 aliphatic carbocycles. The van der Waals surface area contributed by atoms with Gasteiger partial charge in [0.15, 0.2) is 10.9 Å². The van der Waals surface area contributed by atoms with Gasteiger partial charge in [0.2, 0.25) is 0 Å². The van der Waals surface area contributed by atoms with E-state index in [1.165, 1.54) is 6.92 Å². The molecule has 0 unspecified atom stereocenters. The first-order valence-electron chi connectivity index (χ1n) is 5.89. The Morgan fingerprint density at radius 3 is 2.57 bits per heavy atom. The summed E-state index contributed by atoms with van der Waals surface area (Å²) in [6.45, 7) is 3.17. The third-order valence-electron chi connectivity index (χ3n) is 2.54. The first kappa shape index (κ1) is 15.8. The van der Waals surface area contributed by atoms with E-state index in [0.29, 0.717) is 26.4 Å². The summed E-state index contributed by atoms with van der Waals surface area (Å²) in [4.78, 5) is 27.9. The van der Waals surface area contributed by atoms with Gasteiger partial charge in [0.1, 0.15) is 0 Å². The van der Waals surface area contributed by atoms with Crippen LogP contribution < -0.4 is 10.6 Å². The monoisotopic (exact) mass is 343 g/mol. The summed E-state index contributed by atoms with van der Waals surface area (Å²) >= 11 is 13.0. The number of hydrogen-bond acceptors (Lipinski definition) is 4. The van der Waals surface area contributed by atoms with Crippen LogP contribution in [0.2, 0.25) is 10.0 Å². The number of anilines is 2. The second-order valence-corrected chi connectivity index (χ2v) is 5.95. The van der Waals surface area contributed by atoms with Gasteiger partial charge in [-0.25, -0.2) is 9.78 Å². The number of halogens is 2. The van der Waals surface area contributed by atoms with E-state index in [9.17, 15) is 9.59 Å². The molecule has 2 rings (SSSR count). The first-order valence-corrected chi connectivity index (χ1v) is 7.46. The van der Waals surface area contributed by atoms with Crippen LogP contribution in [0.1, 0.15) is 22.3 Å². The zero-order valence-electron chi connectivity index (χ0n) is 11.2. The molecule has 2 amide bonds.